The predicted molar refractivity (Wildman–Crippen MR) is 335 cm³/mol. The van der Waals surface area contributed by atoms with Gasteiger partial charge in [-0.1, -0.05) is 43.3 Å². The smallest absolute Gasteiger partial charge is 0.262 e. The Hall–Kier alpha value is -7.76. The van der Waals surface area contributed by atoms with Crippen LogP contribution in [-0.2, 0) is 112 Å². The summed E-state index contributed by atoms with van der Waals surface area (Å²) in [6, 6.07) is 7.66. The number of methoxy groups -OCH3 is 2. The van der Waals surface area contributed by atoms with E-state index in [2.05, 4.69) is 46.9 Å². The van der Waals surface area contributed by atoms with Crippen LogP contribution in [0.25, 0.3) is 0 Å². The van der Waals surface area contributed by atoms with Crippen molar-refractivity contribution < 1.29 is 93.5 Å². The van der Waals surface area contributed by atoms with Gasteiger partial charge < -0.3 is 53.8 Å². The Kier molecular flexibility index (Phi) is 34.6. The summed E-state index contributed by atoms with van der Waals surface area (Å²) in [6.07, 6.45) is 4.98. The Morgan fingerprint density at radius 1 is 0.531 bits per heavy atom. The van der Waals surface area contributed by atoms with Crippen LogP contribution < -0.4 is 36.4 Å². The predicted octanol–water partition coefficient (Wildman–Crippen LogP) is -0.180. The van der Waals surface area contributed by atoms with Crippen molar-refractivity contribution in [2.45, 2.75) is 114 Å². The van der Waals surface area contributed by atoms with Crippen LogP contribution in [0.2, 0.25) is 0 Å². The number of nitrogens with zero attached hydrogens (tertiary/aromatic N) is 11. The number of aromatic nitrogens is 9. The largest absolute Gasteiger partial charge is 0.497 e. The first-order chi connectivity index (χ1) is 46.1. The maximum atomic E-state index is 13.9. The molecule has 7 N–H and O–H groups in total. The zero-order valence-corrected chi connectivity index (χ0v) is 56.3. The maximum Gasteiger partial charge on any atom is 0.262 e. The fourth-order valence-corrected chi connectivity index (χ4v) is 12.7. The summed E-state index contributed by atoms with van der Waals surface area (Å²) in [5.74, 6) is -3.55. The normalized spacial score (nSPS) is 12.8. The summed E-state index contributed by atoms with van der Waals surface area (Å²) in [6.45, 7) is 8.31. The molecular weight excluding hydrogens is 1310 g/mol. The van der Waals surface area contributed by atoms with Crippen molar-refractivity contribution in [3.63, 3.8) is 0 Å². The third-order valence-electron chi connectivity index (χ3n) is 14.1. The van der Waals surface area contributed by atoms with Gasteiger partial charge in [-0.2, -0.15) is 8.61 Å². The SMILES string of the molecule is COc1ccc(S(=O)(=O)N(Cc2cn(CCOCCOCCOCCNC(=O)CCC(NC(=O)Cn3cc(CCCF)nn3)C(=O)NCCOCCOCCOCCn3cc(CN([C@@H](C(=O)NO)C(C)C)S(=O)(=O)c4ccc(OC)cc4)nn3)nn2)[C@@H](C(=O)NO)C(C)C)cc1. The number of ether oxygens (including phenoxy) is 8. The first-order valence-corrected chi connectivity index (χ1v) is 33.8. The molecule has 0 saturated carbocycles. The molecule has 96 heavy (non-hydrogen) atoms. The topological polar surface area (TPSA) is 427 Å². The Morgan fingerprint density at radius 3 is 1.34 bits per heavy atom. The quantitative estimate of drug-likeness (QED) is 0.0151. The lowest BCUT2D eigenvalue weighted by molar-refractivity contribution is -0.135. The second kappa shape index (κ2) is 42.0. The Morgan fingerprint density at radius 2 is 0.927 bits per heavy atom. The molecule has 1 unspecified atom stereocenters. The molecule has 5 aromatic rings. The van der Waals surface area contributed by atoms with Gasteiger partial charge in [0.15, 0.2) is 0 Å². The molecule has 3 heterocycles. The molecule has 0 saturated heterocycles. The van der Waals surface area contributed by atoms with E-state index in [0.29, 0.717) is 23.6 Å². The number of hydrogen-bond donors (Lipinski definition) is 7. The standard InChI is InChI=1S/C58H89FN16O19S2/c1-42(2)54(57(79)66-81)74(95(83,84)49-13-9-47(87-5)10-14-49)39-45-37-71(68-64-45)22-26-91-30-34-93-32-28-89-24-20-60-52(76)18-17-51(62-53(77)41-73-36-44(63-70-73)8-7-19-59)56(78)61-21-25-90-29-33-94-35-31-92-27-23-72-38-46(65-69-72)40-75(55(43(3)4)58(80)67-82)96(85,86)50-15-11-48(88-6)12-16-50/h9-16,36-38,42-43,51,54-55,81-82H,7-8,17-35,39-41H2,1-6H3,(H,60,76)(H,61,78)(H,62,77)(H,66,79)(H,67,80)/t51?,54-,55-/m1/s1. The minimum atomic E-state index is -4.29. The van der Waals surface area contributed by atoms with Crippen LogP contribution in [0.4, 0.5) is 4.39 Å². The van der Waals surface area contributed by atoms with E-state index in [1.165, 1.54) is 95.4 Å². The van der Waals surface area contributed by atoms with Gasteiger partial charge in [-0.15, -0.1) is 15.3 Å². The highest BCUT2D eigenvalue weighted by molar-refractivity contribution is 7.89. The number of halogens is 1. The zero-order valence-electron chi connectivity index (χ0n) is 54.7. The molecule has 38 heteroatoms. The highest BCUT2D eigenvalue weighted by atomic mass is 32.2. The van der Waals surface area contributed by atoms with Gasteiger partial charge in [0.25, 0.3) is 11.8 Å². The summed E-state index contributed by atoms with van der Waals surface area (Å²) in [5.41, 5.74) is 4.13. The second-order valence-corrected chi connectivity index (χ2v) is 25.7. The van der Waals surface area contributed by atoms with Crippen LogP contribution in [0.15, 0.2) is 76.9 Å². The van der Waals surface area contributed by atoms with Crippen molar-refractivity contribution in [1.29, 1.82) is 0 Å². The van der Waals surface area contributed by atoms with Crippen LogP contribution in [0.1, 0.15) is 64.0 Å². The number of rotatable bonds is 50. The van der Waals surface area contributed by atoms with Crippen LogP contribution in [0, 0.1) is 11.8 Å². The molecule has 534 valence electrons. The molecule has 0 aliphatic heterocycles. The van der Waals surface area contributed by atoms with E-state index in [0.717, 1.165) is 8.61 Å². The first-order valence-electron chi connectivity index (χ1n) is 30.9. The van der Waals surface area contributed by atoms with Gasteiger partial charge in [0, 0.05) is 38.1 Å². The molecule has 0 fully saturated rings. The lowest BCUT2D eigenvalue weighted by Crippen LogP contribution is -2.51. The highest BCUT2D eigenvalue weighted by Crippen LogP contribution is 2.28. The minimum Gasteiger partial charge on any atom is -0.497 e. The average molecular weight is 1400 g/mol. The van der Waals surface area contributed by atoms with E-state index < -0.39 is 86.2 Å². The number of sulfonamides is 2. The first kappa shape index (κ1) is 78.9. The molecule has 2 aromatic carbocycles. The van der Waals surface area contributed by atoms with E-state index in [-0.39, 0.29) is 166 Å². The number of aryl methyl sites for hydroxylation is 1. The third-order valence-corrected chi connectivity index (χ3v) is 17.8. The molecule has 0 bridgehead atoms. The molecule has 35 nitrogen and oxygen atoms in total. The molecule has 0 aliphatic rings. The van der Waals surface area contributed by atoms with Gasteiger partial charge >= 0.3 is 0 Å². The number of carbonyl (C=O) groups excluding carboxylic acids is 5. The van der Waals surface area contributed by atoms with Gasteiger partial charge in [-0.25, -0.2) is 41.8 Å². The lowest BCUT2D eigenvalue weighted by Gasteiger charge is -2.31. The number of hydrogen-bond acceptors (Lipinski definition) is 25. The molecule has 5 rings (SSSR count). The number of hydroxylamine groups is 2. The molecule has 0 aliphatic carbocycles. The van der Waals surface area contributed by atoms with Crippen molar-refractivity contribution in [2.75, 3.05) is 113 Å². The van der Waals surface area contributed by atoms with Gasteiger partial charge in [-0.05, 0) is 79.6 Å². The van der Waals surface area contributed by atoms with Crippen LogP contribution in [0.3, 0.4) is 0 Å². The van der Waals surface area contributed by atoms with Gasteiger partial charge in [0.1, 0.15) is 36.2 Å². The van der Waals surface area contributed by atoms with Crippen molar-refractivity contribution in [3.05, 3.63) is 84.2 Å². The molecule has 5 amide bonds. The van der Waals surface area contributed by atoms with Crippen LogP contribution in [0.5, 0.6) is 11.5 Å². The average Bonchev–Trinajstić information content (AvgIpc) is 0.953. The van der Waals surface area contributed by atoms with E-state index in [1.54, 1.807) is 38.7 Å². The van der Waals surface area contributed by atoms with E-state index in [9.17, 15) is 55.6 Å². The molecule has 3 aromatic heterocycles. The minimum absolute atomic E-state index is 0.0529. The summed E-state index contributed by atoms with van der Waals surface area (Å²) < 4.78 is 118. The summed E-state index contributed by atoms with van der Waals surface area (Å²) in [5, 5.41) is 51.3. The number of benzene rings is 2. The van der Waals surface area contributed by atoms with Crippen molar-refractivity contribution in [2.24, 2.45) is 11.8 Å². The molecule has 0 spiro atoms. The zero-order chi connectivity index (χ0) is 69.9. The van der Waals surface area contributed by atoms with Gasteiger partial charge in [0.2, 0.25) is 37.8 Å². The van der Waals surface area contributed by atoms with Gasteiger partial charge in [0.05, 0.1) is 153 Å². The summed E-state index contributed by atoms with van der Waals surface area (Å²) in [7, 11) is -5.68. The molecule has 0 radical (unpaired) electrons. The monoisotopic (exact) mass is 1400 g/mol. The van der Waals surface area contributed by atoms with Crippen molar-refractivity contribution in [1.82, 2.24) is 80.5 Å². The fraction of sp³-hybridized carbons (Fsp3) is 0.603. The fourth-order valence-electron chi connectivity index (χ4n) is 9.29. The maximum absolute atomic E-state index is 13.9. The number of alkyl halides is 1. The third kappa shape index (κ3) is 26.3. The Labute approximate surface area is 556 Å². The molecule has 3 atom stereocenters. The van der Waals surface area contributed by atoms with E-state index >= 15 is 0 Å². The van der Waals surface area contributed by atoms with Crippen LogP contribution in [-0.4, -0.2) is 242 Å². The summed E-state index contributed by atoms with van der Waals surface area (Å²) >= 11 is 0. The van der Waals surface area contributed by atoms with Crippen molar-refractivity contribution in [3.8, 4) is 11.5 Å². The summed E-state index contributed by atoms with van der Waals surface area (Å²) in [4.78, 5) is 64.6. The number of carbonyl (C=O) groups is 5. The number of amides is 5. The highest BCUT2D eigenvalue weighted by Gasteiger charge is 2.40. The van der Waals surface area contributed by atoms with Crippen molar-refractivity contribution >= 4 is 49.6 Å². The lowest BCUT2D eigenvalue weighted by atomic mass is 10.0. The van der Waals surface area contributed by atoms with E-state index in [1.807, 2.05) is 0 Å². The van der Waals surface area contributed by atoms with Gasteiger partial charge in [-0.3, -0.25) is 38.8 Å². The second-order valence-electron chi connectivity index (χ2n) is 21.9. The molecular formula is C58H89FN16O19S2. The Balaban J connectivity index is 0.944. The van der Waals surface area contributed by atoms with Crippen LogP contribution >= 0.6 is 0 Å². The Bertz CT molecular complexity index is 3360. The number of nitrogens with one attached hydrogen (secondary N) is 5. The van der Waals surface area contributed by atoms with E-state index in [4.69, 9.17) is 37.9 Å².